The van der Waals surface area contributed by atoms with Crippen LogP contribution in [0, 0.1) is 0 Å². The average Bonchev–Trinajstić information content (AvgIpc) is 2.56. The highest BCUT2D eigenvalue weighted by molar-refractivity contribution is 9.10. The number of aromatic amines is 1. The van der Waals surface area contributed by atoms with Crippen molar-refractivity contribution >= 4 is 26.8 Å². The summed E-state index contributed by atoms with van der Waals surface area (Å²) in [6.45, 7) is 2.95. The molecule has 1 heterocycles. The molecule has 1 aromatic heterocycles. The first kappa shape index (κ1) is 15.9. The van der Waals surface area contributed by atoms with Gasteiger partial charge in [-0.1, -0.05) is 40.2 Å². The summed E-state index contributed by atoms with van der Waals surface area (Å²) in [6.07, 6.45) is 0. The van der Waals surface area contributed by atoms with Crippen LogP contribution in [-0.2, 0) is 6.54 Å². The van der Waals surface area contributed by atoms with Crippen LogP contribution in [-0.4, -0.2) is 17.0 Å². The molecule has 1 unspecified atom stereocenters. The van der Waals surface area contributed by atoms with Gasteiger partial charge in [0.2, 0.25) is 0 Å². The Morgan fingerprint density at radius 1 is 1.17 bits per heavy atom. The highest BCUT2D eigenvalue weighted by Crippen LogP contribution is 2.11. The standard InChI is InChI=1S/C18H18BrN3O/c1-12(22(2)11-13-7-9-14(19)10-8-13)17-20-16-6-4-3-5-15(16)18(23)21-17/h3-10,12H,11H2,1-2H3,(H,20,21,23)/p+1/t12-/m0/s1. The normalized spacial score (nSPS) is 13.9. The summed E-state index contributed by atoms with van der Waals surface area (Å²) in [5.74, 6) is 0.725. The van der Waals surface area contributed by atoms with Crippen molar-refractivity contribution in [1.82, 2.24) is 9.97 Å². The predicted molar refractivity (Wildman–Crippen MR) is 95.5 cm³/mol. The second kappa shape index (κ2) is 6.64. The molecule has 118 valence electrons. The molecule has 4 nitrogen and oxygen atoms in total. The Kier molecular flexibility index (Phi) is 4.59. The van der Waals surface area contributed by atoms with Gasteiger partial charge in [0.25, 0.3) is 5.56 Å². The SMILES string of the molecule is C[C@@H](c1nc2ccccc2c(=O)[nH]1)[NH+](C)Cc1ccc(Br)cc1. The third-order valence-corrected chi connectivity index (χ3v) is 4.71. The minimum Gasteiger partial charge on any atom is -0.325 e. The molecule has 2 aromatic carbocycles. The summed E-state index contributed by atoms with van der Waals surface area (Å²) in [7, 11) is 2.11. The third kappa shape index (κ3) is 3.51. The van der Waals surface area contributed by atoms with Crippen molar-refractivity contribution in [2.45, 2.75) is 19.5 Å². The van der Waals surface area contributed by atoms with Gasteiger partial charge in [-0.15, -0.1) is 0 Å². The zero-order valence-electron chi connectivity index (χ0n) is 13.1. The highest BCUT2D eigenvalue weighted by atomic mass is 79.9. The van der Waals surface area contributed by atoms with E-state index in [4.69, 9.17) is 0 Å². The summed E-state index contributed by atoms with van der Waals surface area (Å²) in [4.78, 5) is 21.0. The fourth-order valence-corrected chi connectivity index (χ4v) is 2.88. The van der Waals surface area contributed by atoms with Crippen molar-refractivity contribution in [2.75, 3.05) is 7.05 Å². The van der Waals surface area contributed by atoms with Crippen LogP contribution in [0.1, 0.15) is 24.4 Å². The third-order valence-electron chi connectivity index (χ3n) is 4.18. The number of nitrogens with zero attached hydrogens (tertiary/aromatic N) is 1. The number of rotatable bonds is 4. The Morgan fingerprint density at radius 3 is 2.61 bits per heavy atom. The Balaban J connectivity index is 1.85. The monoisotopic (exact) mass is 372 g/mol. The van der Waals surface area contributed by atoms with Gasteiger partial charge in [-0.25, -0.2) is 4.98 Å². The molecule has 0 aliphatic carbocycles. The molecule has 0 saturated heterocycles. The van der Waals surface area contributed by atoms with E-state index in [0.29, 0.717) is 5.39 Å². The fourth-order valence-electron chi connectivity index (χ4n) is 2.62. The van der Waals surface area contributed by atoms with Gasteiger partial charge in [0.15, 0.2) is 5.82 Å². The Labute approximate surface area is 143 Å². The van der Waals surface area contributed by atoms with Crippen LogP contribution in [0.4, 0.5) is 0 Å². The maximum atomic E-state index is 12.2. The van der Waals surface area contributed by atoms with Crippen LogP contribution in [0.15, 0.2) is 57.8 Å². The number of nitrogens with one attached hydrogen (secondary N) is 2. The van der Waals surface area contributed by atoms with E-state index in [-0.39, 0.29) is 11.6 Å². The van der Waals surface area contributed by atoms with Crippen LogP contribution in [0.2, 0.25) is 0 Å². The lowest BCUT2D eigenvalue weighted by Gasteiger charge is -2.21. The van der Waals surface area contributed by atoms with E-state index in [1.54, 1.807) is 6.07 Å². The quantitative estimate of drug-likeness (QED) is 0.738. The lowest BCUT2D eigenvalue weighted by molar-refractivity contribution is -0.924. The van der Waals surface area contributed by atoms with Crippen molar-refractivity contribution in [2.24, 2.45) is 0 Å². The number of H-pyrrole nitrogens is 1. The zero-order valence-corrected chi connectivity index (χ0v) is 14.7. The van der Waals surface area contributed by atoms with Crippen molar-refractivity contribution < 1.29 is 4.90 Å². The lowest BCUT2D eigenvalue weighted by atomic mass is 10.2. The summed E-state index contributed by atoms with van der Waals surface area (Å²) in [5.41, 5.74) is 1.92. The van der Waals surface area contributed by atoms with Crippen LogP contribution >= 0.6 is 15.9 Å². The smallest absolute Gasteiger partial charge is 0.258 e. The van der Waals surface area contributed by atoms with Crippen LogP contribution in [0.3, 0.4) is 0 Å². The number of aromatic nitrogens is 2. The fraction of sp³-hybridized carbons (Fsp3) is 0.222. The van der Waals surface area contributed by atoms with Crippen molar-refractivity contribution in [3.63, 3.8) is 0 Å². The van der Waals surface area contributed by atoms with Crippen molar-refractivity contribution in [3.05, 3.63) is 74.7 Å². The number of quaternary nitrogens is 1. The molecule has 23 heavy (non-hydrogen) atoms. The van der Waals surface area contributed by atoms with E-state index in [9.17, 15) is 4.79 Å². The van der Waals surface area contributed by atoms with E-state index >= 15 is 0 Å². The van der Waals surface area contributed by atoms with E-state index in [1.807, 2.05) is 30.3 Å². The van der Waals surface area contributed by atoms with Gasteiger partial charge in [-0.3, -0.25) is 4.79 Å². The molecule has 0 fully saturated rings. The first-order chi connectivity index (χ1) is 11.0. The maximum Gasteiger partial charge on any atom is 0.258 e. The van der Waals surface area contributed by atoms with E-state index in [0.717, 1.165) is 22.4 Å². The number of benzene rings is 2. The maximum absolute atomic E-state index is 12.2. The Bertz CT molecular complexity index is 873. The molecular formula is C18H19BrN3O+. The largest absolute Gasteiger partial charge is 0.325 e. The van der Waals surface area contributed by atoms with Gasteiger partial charge in [-0.05, 0) is 31.2 Å². The highest BCUT2D eigenvalue weighted by Gasteiger charge is 2.19. The Morgan fingerprint density at radius 2 is 1.87 bits per heavy atom. The average molecular weight is 373 g/mol. The lowest BCUT2D eigenvalue weighted by Crippen LogP contribution is -3.07. The molecule has 0 amide bonds. The topological polar surface area (TPSA) is 50.2 Å². The second-order valence-electron chi connectivity index (χ2n) is 5.84. The van der Waals surface area contributed by atoms with Gasteiger partial charge in [0.05, 0.1) is 18.0 Å². The molecule has 2 atom stereocenters. The molecule has 0 saturated carbocycles. The van der Waals surface area contributed by atoms with Crippen molar-refractivity contribution in [1.29, 1.82) is 0 Å². The zero-order chi connectivity index (χ0) is 16.4. The number of para-hydroxylation sites is 1. The molecule has 3 rings (SSSR count). The van der Waals surface area contributed by atoms with Crippen molar-refractivity contribution in [3.8, 4) is 0 Å². The van der Waals surface area contributed by atoms with E-state index in [1.165, 1.54) is 10.5 Å². The molecule has 3 aromatic rings. The van der Waals surface area contributed by atoms with Crippen LogP contribution in [0.25, 0.3) is 10.9 Å². The molecule has 0 bridgehead atoms. The van der Waals surface area contributed by atoms with Gasteiger partial charge in [-0.2, -0.15) is 0 Å². The molecule has 0 radical (unpaired) electrons. The molecule has 0 spiro atoms. The summed E-state index contributed by atoms with van der Waals surface area (Å²) in [5, 5.41) is 0.633. The van der Waals surface area contributed by atoms with Gasteiger partial charge < -0.3 is 9.88 Å². The summed E-state index contributed by atoms with van der Waals surface area (Å²) >= 11 is 3.45. The minimum absolute atomic E-state index is 0.0751. The van der Waals surface area contributed by atoms with E-state index in [2.05, 4.69) is 52.0 Å². The molecule has 5 heteroatoms. The number of halogens is 1. The van der Waals surface area contributed by atoms with E-state index < -0.39 is 0 Å². The number of hydrogen-bond acceptors (Lipinski definition) is 2. The molecular weight excluding hydrogens is 354 g/mol. The number of fused-ring (bicyclic) bond motifs is 1. The first-order valence-corrected chi connectivity index (χ1v) is 8.39. The molecule has 2 N–H and O–H groups in total. The molecule has 0 aliphatic rings. The van der Waals surface area contributed by atoms with Crippen LogP contribution in [0.5, 0.6) is 0 Å². The summed E-state index contributed by atoms with van der Waals surface area (Å²) < 4.78 is 1.08. The first-order valence-electron chi connectivity index (χ1n) is 7.60. The van der Waals surface area contributed by atoms with Gasteiger partial charge in [0.1, 0.15) is 12.6 Å². The minimum atomic E-state index is -0.0751. The predicted octanol–water partition coefficient (Wildman–Crippen LogP) is 2.46. The molecule has 0 aliphatic heterocycles. The Hall–Kier alpha value is -1.98. The van der Waals surface area contributed by atoms with Crippen LogP contribution < -0.4 is 10.5 Å². The second-order valence-corrected chi connectivity index (χ2v) is 6.76. The van der Waals surface area contributed by atoms with Gasteiger partial charge >= 0.3 is 0 Å². The number of hydrogen-bond donors (Lipinski definition) is 2. The summed E-state index contributed by atoms with van der Waals surface area (Å²) in [6, 6.07) is 15.8. The van der Waals surface area contributed by atoms with Gasteiger partial charge in [0, 0.05) is 10.0 Å².